The van der Waals surface area contributed by atoms with Crippen molar-refractivity contribution in [2.24, 2.45) is 0 Å². The Balaban J connectivity index is 1.58. The number of aromatic nitrogens is 5. The molecule has 0 aromatic carbocycles. The van der Waals surface area contributed by atoms with Crippen LogP contribution in [0.4, 0.5) is 5.95 Å². The third kappa shape index (κ3) is 4.39. The molecule has 0 unspecified atom stereocenters. The van der Waals surface area contributed by atoms with Crippen molar-refractivity contribution in [1.82, 2.24) is 29.9 Å². The minimum Gasteiger partial charge on any atom is -0.351 e. The van der Waals surface area contributed by atoms with Gasteiger partial charge in [0.15, 0.2) is 5.65 Å². The van der Waals surface area contributed by atoms with Crippen LogP contribution in [0.25, 0.3) is 5.65 Å². The molecular weight excluding hydrogens is 342 g/mol. The number of nitrogens with one attached hydrogen (secondary N) is 1. The molecule has 27 heavy (non-hydrogen) atoms. The summed E-state index contributed by atoms with van der Waals surface area (Å²) in [5.74, 6) is 1.31. The summed E-state index contributed by atoms with van der Waals surface area (Å²) in [6, 6.07) is 7.52. The molecule has 8 heteroatoms. The average Bonchev–Trinajstić information content (AvgIpc) is 3.09. The van der Waals surface area contributed by atoms with Crippen LogP contribution >= 0.6 is 0 Å². The molecule has 0 aliphatic rings. The second-order valence-electron chi connectivity index (χ2n) is 6.27. The number of carbonyl (C=O) groups is 1. The molecule has 0 bridgehead atoms. The van der Waals surface area contributed by atoms with E-state index >= 15 is 0 Å². The van der Waals surface area contributed by atoms with Gasteiger partial charge in [-0.2, -0.15) is 0 Å². The van der Waals surface area contributed by atoms with Gasteiger partial charge in [0.1, 0.15) is 11.5 Å². The maximum absolute atomic E-state index is 12.5. The van der Waals surface area contributed by atoms with Gasteiger partial charge in [-0.1, -0.05) is 6.07 Å². The molecule has 0 aliphatic carbocycles. The number of amides is 1. The summed E-state index contributed by atoms with van der Waals surface area (Å²) < 4.78 is 1.96. The van der Waals surface area contributed by atoms with Gasteiger partial charge >= 0.3 is 0 Å². The summed E-state index contributed by atoms with van der Waals surface area (Å²) >= 11 is 0. The molecule has 0 spiro atoms. The Morgan fingerprint density at radius 1 is 1.19 bits per heavy atom. The Morgan fingerprint density at radius 2 is 2.00 bits per heavy atom. The van der Waals surface area contributed by atoms with Gasteiger partial charge in [0.25, 0.3) is 5.91 Å². The van der Waals surface area contributed by atoms with E-state index in [1.54, 1.807) is 6.07 Å². The lowest BCUT2D eigenvalue weighted by atomic mass is 10.2. The predicted molar refractivity (Wildman–Crippen MR) is 104 cm³/mol. The van der Waals surface area contributed by atoms with Crippen LogP contribution in [-0.2, 0) is 6.42 Å². The Hall–Kier alpha value is -3.03. The van der Waals surface area contributed by atoms with E-state index in [2.05, 4.69) is 25.5 Å². The maximum atomic E-state index is 12.5. The van der Waals surface area contributed by atoms with E-state index in [4.69, 9.17) is 0 Å². The first-order valence-corrected chi connectivity index (χ1v) is 9.29. The zero-order chi connectivity index (χ0) is 19.2. The number of pyridine rings is 1. The SMILES string of the molecule is CCN(CC)c1nc(C)cc(C(=O)NCCCc2nnc3ccccn23)n1. The van der Waals surface area contributed by atoms with E-state index < -0.39 is 0 Å². The lowest BCUT2D eigenvalue weighted by Gasteiger charge is -2.19. The fraction of sp³-hybridized carbons (Fsp3) is 0.421. The number of aryl methyl sites for hydroxylation is 2. The lowest BCUT2D eigenvalue weighted by molar-refractivity contribution is 0.0948. The first kappa shape index (κ1) is 18.8. The predicted octanol–water partition coefficient (Wildman–Crippen LogP) is 2.04. The zero-order valence-corrected chi connectivity index (χ0v) is 16.0. The molecule has 8 nitrogen and oxygen atoms in total. The van der Waals surface area contributed by atoms with Gasteiger partial charge in [0, 0.05) is 37.9 Å². The topological polar surface area (TPSA) is 88.3 Å². The largest absolute Gasteiger partial charge is 0.351 e. The first-order chi connectivity index (χ1) is 13.1. The average molecular weight is 367 g/mol. The molecule has 142 valence electrons. The number of hydrogen-bond acceptors (Lipinski definition) is 6. The summed E-state index contributed by atoms with van der Waals surface area (Å²) in [6.45, 7) is 8.11. The highest BCUT2D eigenvalue weighted by Gasteiger charge is 2.13. The highest BCUT2D eigenvalue weighted by Crippen LogP contribution is 2.10. The van der Waals surface area contributed by atoms with Crippen molar-refractivity contribution in [2.45, 2.75) is 33.6 Å². The molecule has 3 heterocycles. The second kappa shape index (κ2) is 8.57. The van der Waals surface area contributed by atoms with Crippen LogP contribution in [0.5, 0.6) is 0 Å². The number of hydrogen-bond donors (Lipinski definition) is 1. The highest BCUT2D eigenvalue weighted by molar-refractivity contribution is 5.92. The maximum Gasteiger partial charge on any atom is 0.270 e. The van der Waals surface area contributed by atoms with Gasteiger partial charge in [-0.25, -0.2) is 9.97 Å². The summed E-state index contributed by atoms with van der Waals surface area (Å²) in [4.78, 5) is 23.4. The molecule has 3 aromatic rings. The van der Waals surface area contributed by atoms with E-state index in [-0.39, 0.29) is 5.91 Å². The van der Waals surface area contributed by atoms with Crippen LogP contribution in [0.2, 0.25) is 0 Å². The Bertz CT molecular complexity index is 917. The Morgan fingerprint density at radius 3 is 2.78 bits per heavy atom. The summed E-state index contributed by atoms with van der Waals surface area (Å²) in [6.07, 6.45) is 3.45. The van der Waals surface area contributed by atoms with Crippen molar-refractivity contribution in [3.8, 4) is 0 Å². The number of anilines is 1. The van der Waals surface area contributed by atoms with Crippen LogP contribution in [-0.4, -0.2) is 50.1 Å². The Labute approximate surface area is 158 Å². The van der Waals surface area contributed by atoms with Crippen LogP contribution in [0.1, 0.15) is 42.3 Å². The van der Waals surface area contributed by atoms with Crippen molar-refractivity contribution >= 4 is 17.5 Å². The van der Waals surface area contributed by atoms with Gasteiger partial charge in [0.05, 0.1) is 0 Å². The fourth-order valence-electron chi connectivity index (χ4n) is 2.92. The molecular formula is C19H25N7O. The van der Waals surface area contributed by atoms with Gasteiger partial charge in [-0.15, -0.1) is 10.2 Å². The number of carbonyl (C=O) groups excluding carboxylic acids is 1. The molecule has 3 rings (SSSR count). The van der Waals surface area contributed by atoms with Crippen molar-refractivity contribution in [3.05, 3.63) is 47.7 Å². The molecule has 1 amide bonds. The van der Waals surface area contributed by atoms with E-state index in [9.17, 15) is 4.79 Å². The summed E-state index contributed by atoms with van der Waals surface area (Å²) in [5.41, 5.74) is 2.02. The highest BCUT2D eigenvalue weighted by atomic mass is 16.1. The number of nitrogens with zero attached hydrogens (tertiary/aromatic N) is 6. The van der Waals surface area contributed by atoms with Crippen molar-refractivity contribution in [3.63, 3.8) is 0 Å². The van der Waals surface area contributed by atoms with E-state index in [0.29, 0.717) is 18.2 Å². The minimum atomic E-state index is -0.181. The summed E-state index contributed by atoms with van der Waals surface area (Å²) in [7, 11) is 0. The van der Waals surface area contributed by atoms with Gasteiger partial charge < -0.3 is 10.2 Å². The lowest BCUT2D eigenvalue weighted by Crippen LogP contribution is -2.29. The number of fused-ring (bicyclic) bond motifs is 1. The zero-order valence-electron chi connectivity index (χ0n) is 16.0. The van der Waals surface area contributed by atoms with Gasteiger partial charge in [-0.3, -0.25) is 9.20 Å². The van der Waals surface area contributed by atoms with E-state index in [0.717, 1.165) is 43.1 Å². The van der Waals surface area contributed by atoms with Crippen LogP contribution in [0, 0.1) is 6.92 Å². The molecule has 0 saturated carbocycles. The molecule has 0 radical (unpaired) electrons. The standard InChI is InChI=1S/C19H25N7O/c1-4-25(5-2)19-21-14(3)13-15(22-19)18(27)20-11-8-10-17-24-23-16-9-6-7-12-26(16)17/h6-7,9,12-13H,4-5,8,10-11H2,1-3H3,(H,20,27). The third-order valence-corrected chi connectivity index (χ3v) is 4.37. The van der Waals surface area contributed by atoms with E-state index in [1.165, 1.54) is 0 Å². The summed E-state index contributed by atoms with van der Waals surface area (Å²) in [5, 5.41) is 11.3. The monoisotopic (exact) mass is 367 g/mol. The first-order valence-electron chi connectivity index (χ1n) is 9.29. The molecule has 1 N–H and O–H groups in total. The molecule has 0 fully saturated rings. The molecule has 0 saturated heterocycles. The van der Waals surface area contributed by atoms with Crippen LogP contribution in [0.3, 0.4) is 0 Å². The van der Waals surface area contributed by atoms with Gasteiger partial charge in [-0.05, 0) is 45.4 Å². The van der Waals surface area contributed by atoms with E-state index in [1.807, 2.05) is 54.5 Å². The second-order valence-corrected chi connectivity index (χ2v) is 6.27. The van der Waals surface area contributed by atoms with Crippen LogP contribution in [0.15, 0.2) is 30.5 Å². The molecule has 0 atom stereocenters. The third-order valence-electron chi connectivity index (χ3n) is 4.37. The normalized spacial score (nSPS) is 10.9. The quantitative estimate of drug-likeness (QED) is 0.613. The van der Waals surface area contributed by atoms with Gasteiger partial charge in [0.2, 0.25) is 5.95 Å². The smallest absolute Gasteiger partial charge is 0.270 e. The van der Waals surface area contributed by atoms with Crippen molar-refractivity contribution < 1.29 is 4.79 Å². The minimum absolute atomic E-state index is 0.181. The van der Waals surface area contributed by atoms with Crippen LogP contribution < -0.4 is 10.2 Å². The Kier molecular flexibility index (Phi) is 5.95. The van der Waals surface area contributed by atoms with Crippen molar-refractivity contribution in [2.75, 3.05) is 24.5 Å². The molecule has 3 aromatic heterocycles. The molecule has 0 aliphatic heterocycles. The number of rotatable bonds is 8. The van der Waals surface area contributed by atoms with Crippen molar-refractivity contribution in [1.29, 1.82) is 0 Å². The fourth-order valence-corrected chi connectivity index (χ4v) is 2.92.